The van der Waals surface area contributed by atoms with Crippen molar-refractivity contribution in [1.29, 1.82) is 0 Å². The molecule has 1 aromatic rings. The maximum absolute atomic E-state index is 4.41. The molecule has 0 saturated heterocycles. The van der Waals surface area contributed by atoms with E-state index >= 15 is 0 Å². The van der Waals surface area contributed by atoms with Crippen molar-refractivity contribution in [1.82, 2.24) is 9.97 Å². The number of hydrogen-bond donors (Lipinski definition) is 2. The molecule has 18 heavy (non-hydrogen) atoms. The summed E-state index contributed by atoms with van der Waals surface area (Å²) >= 11 is 0. The monoisotopic (exact) mass is 248 g/mol. The molecule has 1 aromatic heterocycles. The minimum absolute atomic E-state index is 0.493. The largest absolute Gasteiger partial charge is 0.373 e. The van der Waals surface area contributed by atoms with Crippen LogP contribution in [0.4, 0.5) is 11.6 Å². The average molecular weight is 248 g/mol. The molecule has 1 aliphatic rings. The van der Waals surface area contributed by atoms with Crippen LogP contribution in [-0.4, -0.2) is 23.1 Å². The van der Waals surface area contributed by atoms with Gasteiger partial charge in [0.2, 0.25) is 0 Å². The van der Waals surface area contributed by atoms with E-state index < -0.39 is 0 Å². The van der Waals surface area contributed by atoms with Crippen LogP contribution >= 0.6 is 0 Å². The third-order valence-corrected chi connectivity index (χ3v) is 3.45. The van der Waals surface area contributed by atoms with Crippen LogP contribution in [0.3, 0.4) is 0 Å². The zero-order valence-electron chi connectivity index (χ0n) is 11.7. The van der Waals surface area contributed by atoms with Gasteiger partial charge in [0, 0.05) is 18.7 Å². The van der Waals surface area contributed by atoms with E-state index in [4.69, 9.17) is 0 Å². The SMILES string of the molecule is CCCc1c(NC)ncnc1NC(C)CC1CC1. The second kappa shape index (κ2) is 6.03. The molecular formula is C14H24N4. The first-order valence-electron chi connectivity index (χ1n) is 7.02. The molecule has 0 aliphatic heterocycles. The molecule has 1 unspecified atom stereocenters. The zero-order valence-corrected chi connectivity index (χ0v) is 11.7. The van der Waals surface area contributed by atoms with E-state index in [0.717, 1.165) is 30.4 Å². The van der Waals surface area contributed by atoms with Crippen molar-refractivity contribution in [3.8, 4) is 0 Å². The van der Waals surface area contributed by atoms with Crippen LogP contribution in [0.5, 0.6) is 0 Å². The number of nitrogens with one attached hydrogen (secondary N) is 2. The number of hydrogen-bond acceptors (Lipinski definition) is 4. The van der Waals surface area contributed by atoms with Gasteiger partial charge in [0.25, 0.3) is 0 Å². The first-order chi connectivity index (χ1) is 8.74. The van der Waals surface area contributed by atoms with Gasteiger partial charge in [-0.2, -0.15) is 0 Å². The van der Waals surface area contributed by atoms with Crippen molar-refractivity contribution in [3.05, 3.63) is 11.9 Å². The minimum atomic E-state index is 0.493. The second-order valence-corrected chi connectivity index (χ2v) is 5.27. The van der Waals surface area contributed by atoms with Crippen molar-refractivity contribution in [2.24, 2.45) is 5.92 Å². The summed E-state index contributed by atoms with van der Waals surface area (Å²) in [5.41, 5.74) is 1.21. The molecule has 0 radical (unpaired) electrons. The Labute approximate surface area is 110 Å². The first kappa shape index (κ1) is 13.1. The van der Waals surface area contributed by atoms with E-state index in [1.807, 2.05) is 7.05 Å². The predicted octanol–water partition coefficient (Wildman–Crippen LogP) is 3.07. The smallest absolute Gasteiger partial charge is 0.134 e. The van der Waals surface area contributed by atoms with Gasteiger partial charge in [-0.1, -0.05) is 26.2 Å². The van der Waals surface area contributed by atoms with E-state index in [-0.39, 0.29) is 0 Å². The van der Waals surface area contributed by atoms with Crippen molar-refractivity contribution in [2.75, 3.05) is 17.7 Å². The number of anilines is 2. The van der Waals surface area contributed by atoms with Crippen molar-refractivity contribution in [2.45, 2.75) is 52.0 Å². The number of aromatic nitrogens is 2. The lowest BCUT2D eigenvalue weighted by molar-refractivity contribution is 0.638. The highest BCUT2D eigenvalue weighted by Crippen LogP contribution is 2.34. The second-order valence-electron chi connectivity index (χ2n) is 5.27. The highest BCUT2D eigenvalue weighted by atomic mass is 15.1. The van der Waals surface area contributed by atoms with E-state index in [1.54, 1.807) is 6.33 Å². The third kappa shape index (κ3) is 3.34. The normalized spacial score (nSPS) is 16.4. The summed E-state index contributed by atoms with van der Waals surface area (Å²) in [6.07, 6.45) is 7.81. The fourth-order valence-electron chi connectivity index (χ4n) is 2.38. The van der Waals surface area contributed by atoms with Crippen LogP contribution in [-0.2, 0) is 6.42 Å². The van der Waals surface area contributed by atoms with Gasteiger partial charge in [-0.3, -0.25) is 0 Å². The molecule has 1 saturated carbocycles. The van der Waals surface area contributed by atoms with E-state index in [2.05, 4.69) is 34.4 Å². The lowest BCUT2D eigenvalue weighted by Crippen LogP contribution is -2.18. The molecule has 1 heterocycles. The molecule has 2 N–H and O–H groups in total. The first-order valence-corrected chi connectivity index (χ1v) is 7.02. The van der Waals surface area contributed by atoms with Crippen LogP contribution < -0.4 is 10.6 Å². The van der Waals surface area contributed by atoms with Gasteiger partial charge in [0.1, 0.15) is 18.0 Å². The van der Waals surface area contributed by atoms with Crippen LogP contribution in [0.2, 0.25) is 0 Å². The van der Waals surface area contributed by atoms with Gasteiger partial charge in [-0.25, -0.2) is 9.97 Å². The highest BCUT2D eigenvalue weighted by Gasteiger charge is 2.24. The van der Waals surface area contributed by atoms with E-state index in [1.165, 1.54) is 24.8 Å². The van der Waals surface area contributed by atoms with Crippen molar-refractivity contribution < 1.29 is 0 Å². The summed E-state index contributed by atoms with van der Waals surface area (Å²) < 4.78 is 0. The Morgan fingerprint density at radius 3 is 2.67 bits per heavy atom. The predicted molar refractivity (Wildman–Crippen MR) is 76.0 cm³/mol. The molecule has 1 atom stereocenters. The Kier molecular flexibility index (Phi) is 4.39. The molecule has 0 spiro atoms. The Balaban J connectivity index is 2.08. The Morgan fingerprint density at radius 1 is 1.33 bits per heavy atom. The fourth-order valence-corrected chi connectivity index (χ4v) is 2.38. The minimum Gasteiger partial charge on any atom is -0.373 e. The summed E-state index contributed by atoms with van der Waals surface area (Å²) in [6, 6.07) is 0.493. The quantitative estimate of drug-likeness (QED) is 0.778. The molecule has 0 aromatic carbocycles. The number of nitrogens with zero attached hydrogens (tertiary/aromatic N) is 2. The Bertz CT molecular complexity index is 387. The van der Waals surface area contributed by atoms with Crippen LogP contribution in [0.25, 0.3) is 0 Å². The molecule has 4 nitrogen and oxygen atoms in total. The third-order valence-electron chi connectivity index (χ3n) is 3.45. The summed E-state index contributed by atoms with van der Waals surface area (Å²) in [7, 11) is 1.92. The molecule has 1 aliphatic carbocycles. The van der Waals surface area contributed by atoms with Gasteiger partial charge in [0.15, 0.2) is 0 Å². The maximum atomic E-state index is 4.41. The average Bonchev–Trinajstić information content (AvgIpc) is 3.15. The van der Waals surface area contributed by atoms with Gasteiger partial charge in [-0.05, 0) is 25.7 Å². The lowest BCUT2D eigenvalue weighted by Gasteiger charge is -2.18. The fraction of sp³-hybridized carbons (Fsp3) is 0.714. The number of rotatable bonds is 7. The molecule has 1 fully saturated rings. The molecule has 2 rings (SSSR count). The summed E-state index contributed by atoms with van der Waals surface area (Å²) in [6.45, 7) is 4.43. The van der Waals surface area contributed by atoms with Crippen LogP contribution in [0.15, 0.2) is 6.33 Å². The van der Waals surface area contributed by atoms with Gasteiger partial charge in [-0.15, -0.1) is 0 Å². The Hall–Kier alpha value is -1.32. The van der Waals surface area contributed by atoms with Gasteiger partial charge >= 0.3 is 0 Å². The van der Waals surface area contributed by atoms with Gasteiger partial charge < -0.3 is 10.6 Å². The topological polar surface area (TPSA) is 49.8 Å². The molecule has 4 heteroatoms. The maximum Gasteiger partial charge on any atom is 0.134 e. The molecule has 100 valence electrons. The standard InChI is InChI=1S/C14H24N4/c1-4-5-12-13(15-3)16-9-17-14(12)18-10(2)8-11-6-7-11/h9-11H,4-8H2,1-3H3,(H2,15,16,17,18). The van der Waals surface area contributed by atoms with Crippen LogP contribution in [0, 0.1) is 5.92 Å². The Morgan fingerprint density at radius 2 is 2.06 bits per heavy atom. The van der Waals surface area contributed by atoms with Crippen molar-refractivity contribution in [3.63, 3.8) is 0 Å². The lowest BCUT2D eigenvalue weighted by atomic mass is 10.1. The summed E-state index contributed by atoms with van der Waals surface area (Å²) in [5, 5.41) is 6.71. The van der Waals surface area contributed by atoms with Crippen molar-refractivity contribution >= 4 is 11.6 Å². The summed E-state index contributed by atoms with van der Waals surface area (Å²) in [4.78, 5) is 8.71. The van der Waals surface area contributed by atoms with Crippen LogP contribution in [0.1, 0.15) is 45.1 Å². The highest BCUT2D eigenvalue weighted by molar-refractivity contribution is 5.57. The van der Waals surface area contributed by atoms with E-state index in [0.29, 0.717) is 6.04 Å². The molecule has 0 bridgehead atoms. The summed E-state index contributed by atoms with van der Waals surface area (Å²) in [5.74, 6) is 2.89. The molecule has 0 amide bonds. The van der Waals surface area contributed by atoms with Gasteiger partial charge in [0.05, 0.1) is 0 Å². The molecular weight excluding hydrogens is 224 g/mol. The zero-order chi connectivity index (χ0) is 13.0. The van der Waals surface area contributed by atoms with E-state index in [9.17, 15) is 0 Å².